The molecule has 2 amide bonds. The van der Waals surface area contributed by atoms with Gasteiger partial charge in [0.15, 0.2) is 6.61 Å². The largest absolute Gasteiger partial charge is 0.483 e. The van der Waals surface area contributed by atoms with E-state index in [1.165, 1.54) is 6.21 Å². The molecule has 2 N–H and O–H groups in total. The van der Waals surface area contributed by atoms with E-state index in [0.717, 1.165) is 62.0 Å². The van der Waals surface area contributed by atoms with E-state index < -0.39 is 0 Å². The van der Waals surface area contributed by atoms with Crippen molar-refractivity contribution in [3.63, 3.8) is 0 Å². The molecule has 7 nitrogen and oxygen atoms in total. The molecule has 0 spiro atoms. The number of hydrogen-bond donors (Lipinski definition) is 2. The number of carbonyl (C=O) groups excluding carboxylic acids is 2. The molecule has 1 atom stereocenters. The molecule has 1 aliphatic carbocycles. The Kier molecular flexibility index (Phi) is 5.79. The van der Waals surface area contributed by atoms with Crippen LogP contribution in [0, 0.1) is 5.41 Å². The van der Waals surface area contributed by atoms with E-state index in [4.69, 9.17) is 10.1 Å². The molecule has 2 heterocycles. The van der Waals surface area contributed by atoms with Gasteiger partial charge in [0.05, 0.1) is 5.69 Å². The highest BCUT2D eigenvalue weighted by molar-refractivity contribution is 6.10. The molecule has 30 heavy (non-hydrogen) atoms. The summed E-state index contributed by atoms with van der Waals surface area (Å²) in [4.78, 5) is 28.3. The molecule has 2 fully saturated rings. The Morgan fingerprint density at radius 2 is 2.03 bits per heavy atom. The highest BCUT2D eigenvalue weighted by atomic mass is 16.5. The van der Waals surface area contributed by atoms with Crippen LogP contribution in [-0.4, -0.2) is 54.7 Å². The number of amides is 2. The van der Waals surface area contributed by atoms with Crippen molar-refractivity contribution in [2.75, 3.05) is 24.6 Å². The first kappa shape index (κ1) is 20.4. The molecule has 1 aromatic rings. The number of likely N-dealkylation sites (tertiary alicyclic amines) is 1. The van der Waals surface area contributed by atoms with Crippen molar-refractivity contribution in [1.29, 1.82) is 5.41 Å². The second-order valence-electron chi connectivity index (χ2n) is 8.42. The SMILES string of the molecule is CC(=O)N1c2ccc(/C(C=N)=C/NC3CC3)c(OCC(=O)N3CCC3)c2CCC1C. The maximum atomic E-state index is 12.4. The minimum Gasteiger partial charge on any atom is -0.483 e. The van der Waals surface area contributed by atoms with Gasteiger partial charge in [-0.3, -0.25) is 9.59 Å². The molecule has 7 heteroatoms. The maximum absolute atomic E-state index is 12.4. The molecule has 3 aliphatic rings. The Balaban J connectivity index is 1.71. The number of anilines is 1. The minimum absolute atomic E-state index is 0.00275. The second-order valence-corrected chi connectivity index (χ2v) is 8.42. The molecule has 1 saturated heterocycles. The Hall–Kier alpha value is -2.83. The van der Waals surface area contributed by atoms with E-state index in [0.29, 0.717) is 17.4 Å². The van der Waals surface area contributed by atoms with Crippen LogP contribution in [0.15, 0.2) is 18.3 Å². The van der Waals surface area contributed by atoms with Gasteiger partial charge in [-0.15, -0.1) is 0 Å². The number of allylic oxidation sites excluding steroid dienone is 1. The van der Waals surface area contributed by atoms with Crippen molar-refractivity contribution in [3.8, 4) is 5.75 Å². The summed E-state index contributed by atoms with van der Waals surface area (Å²) in [5.74, 6) is 0.595. The number of nitrogens with one attached hydrogen (secondary N) is 2. The molecule has 2 aliphatic heterocycles. The lowest BCUT2D eigenvalue weighted by Crippen LogP contribution is -2.44. The second kappa shape index (κ2) is 8.50. The van der Waals surface area contributed by atoms with Gasteiger partial charge in [0, 0.05) is 61.2 Å². The summed E-state index contributed by atoms with van der Waals surface area (Å²) in [5.41, 5.74) is 3.28. The zero-order chi connectivity index (χ0) is 21.3. The van der Waals surface area contributed by atoms with Crippen LogP contribution in [0.4, 0.5) is 5.69 Å². The van der Waals surface area contributed by atoms with Crippen LogP contribution in [0.3, 0.4) is 0 Å². The highest BCUT2D eigenvalue weighted by Crippen LogP contribution is 2.41. The molecule has 160 valence electrons. The van der Waals surface area contributed by atoms with Gasteiger partial charge in [-0.1, -0.05) is 0 Å². The fourth-order valence-electron chi connectivity index (χ4n) is 4.12. The molecule has 0 bridgehead atoms. The molecule has 1 saturated carbocycles. The summed E-state index contributed by atoms with van der Waals surface area (Å²) in [7, 11) is 0. The van der Waals surface area contributed by atoms with E-state index in [1.807, 2.05) is 23.2 Å². The molecule has 0 aromatic heterocycles. The van der Waals surface area contributed by atoms with Gasteiger partial charge in [-0.25, -0.2) is 0 Å². The van der Waals surface area contributed by atoms with E-state index in [-0.39, 0.29) is 24.5 Å². The van der Waals surface area contributed by atoms with Gasteiger partial charge in [-0.2, -0.15) is 0 Å². The van der Waals surface area contributed by atoms with Crippen molar-refractivity contribution in [2.24, 2.45) is 0 Å². The van der Waals surface area contributed by atoms with Crippen molar-refractivity contribution in [3.05, 3.63) is 29.5 Å². The van der Waals surface area contributed by atoms with Crippen LogP contribution < -0.4 is 15.0 Å². The van der Waals surface area contributed by atoms with Crippen LogP contribution in [0.25, 0.3) is 5.57 Å². The van der Waals surface area contributed by atoms with Gasteiger partial charge >= 0.3 is 0 Å². The first-order valence-corrected chi connectivity index (χ1v) is 10.8. The molecule has 1 aromatic carbocycles. The summed E-state index contributed by atoms with van der Waals surface area (Å²) in [6.45, 7) is 5.17. The van der Waals surface area contributed by atoms with Gasteiger partial charge < -0.3 is 25.3 Å². The first-order valence-electron chi connectivity index (χ1n) is 10.8. The summed E-state index contributed by atoms with van der Waals surface area (Å²) >= 11 is 0. The molecular weight excluding hydrogens is 380 g/mol. The van der Waals surface area contributed by atoms with E-state index in [9.17, 15) is 9.59 Å². The predicted molar refractivity (Wildman–Crippen MR) is 117 cm³/mol. The third-order valence-electron chi connectivity index (χ3n) is 6.15. The average molecular weight is 411 g/mol. The Morgan fingerprint density at radius 3 is 2.63 bits per heavy atom. The van der Waals surface area contributed by atoms with Crippen LogP contribution >= 0.6 is 0 Å². The third kappa shape index (κ3) is 4.06. The quantitative estimate of drug-likeness (QED) is 0.677. The van der Waals surface area contributed by atoms with E-state index in [1.54, 1.807) is 11.8 Å². The Morgan fingerprint density at radius 1 is 1.27 bits per heavy atom. The molecule has 4 rings (SSSR count). The van der Waals surface area contributed by atoms with Crippen molar-refractivity contribution in [1.82, 2.24) is 10.2 Å². The number of benzene rings is 1. The van der Waals surface area contributed by atoms with Gasteiger partial charge in [-0.05, 0) is 51.2 Å². The zero-order valence-electron chi connectivity index (χ0n) is 17.7. The monoisotopic (exact) mass is 410 g/mol. The smallest absolute Gasteiger partial charge is 0.260 e. The van der Waals surface area contributed by atoms with Crippen molar-refractivity contribution in [2.45, 2.75) is 58.0 Å². The summed E-state index contributed by atoms with van der Waals surface area (Å²) < 4.78 is 6.12. The standard InChI is InChI=1S/C23H30N4O3/c1-15-4-7-20-21(27(15)16(2)28)9-8-19(17(12-24)13-25-18-5-6-18)23(20)30-14-22(29)26-10-3-11-26/h8-9,12-13,15,18,24-25H,3-7,10-11,14H2,1-2H3/b17-13+,24-12?. The number of carbonyl (C=O) groups is 2. The maximum Gasteiger partial charge on any atom is 0.260 e. The van der Waals surface area contributed by atoms with Crippen LogP contribution in [-0.2, 0) is 16.0 Å². The molecule has 1 unspecified atom stereocenters. The summed E-state index contributed by atoms with van der Waals surface area (Å²) in [6.07, 6.45) is 8.10. The lowest BCUT2D eigenvalue weighted by atomic mass is 9.92. The van der Waals surface area contributed by atoms with Crippen LogP contribution in [0.1, 0.15) is 50.7 Å². The number of fused-ring (bicyclic) bond motifs is 1. The minimum atomic E-state index is -0.0274. The Bertz CT molecular complexity index is 887. The normalized spacial score (nSPS) is 20.9. The third-order valence-corrected chi connectivity index (χ3v) is 6.15. The number of ether oxygens (including phenoxy) is 1. The lowest BCUT2D eigenvalue weighted by molar-refractivity contribution is -0.136. The highest BCUT2D eigenvalue weighted by Gasteiger charge is 2.31. The zero-order valence-corrected chi connectivity index (χ0v) is 17.7. The van der Waals surface area contributed by atoms with E-state index >= 15 is 0 Å². The lowest BCUT2D eigenvalue weighted by Gasteiger charge is -2.36. The summed E-state index contributed by atoms with van der Waals surface area (Å²) in [5, 5.41) is 11.3. The van der Waals surface area contributed by atoms with Crippen molar-refractivity contribution < 1.29 is 14.3 Å². The fourth-order valence-corrected chi connectivity index (χ4v) is 4.12. The van der Waals surface area contributed by atoms with Gasteiger partial charge in [0.2, 0.25) is 5.91 Å². The molecular formula is C23H30N4O3. The van der Waals surface area contributed by atoms with E-state index in [2.05, 4.69) is 12.2 Å². The Labute approximate surface area is 177 Å². The topological polar surface area (TPSA) is 85.7 Å². The predicted octanol–water partition coefficient (Wildman–Crippen LogP) is 2.73. The summed E-state index contributed by atoms with van der Waals surface area (Å²) in [6, 6.07) is 4.44. The number of hydrogen-bond acceptors (Lipinski definition) is 5. The number of rotatable bonds is 7. The average Bonchev–Trinajstić information content (AvgIpc) is 3.49. The number of nitrogens with zero attached hydrogens (tertiary/aromatic N) is 2. The van der Waals surface area contributed by atoms with Crippen LogP contribution in [0.2, 0.25) is 0 Å². The van der Waals surface area contributed by atoms with Crippen molar-refractivity contribution >= 4 is 29.3 Å². The molecule has 0 radical (unpaired) electrons. The van der Waals surface area contributed by atoms with Crippen LogP contribution in [0.5, 0.6) is 5.75 Å². The van der Waals surface area contributed by atoms with Gasteiger partial charge in [0.25, 0.3) is 5.91 Å². The fraction of sp³-hybridized carbons (Fsp3) is 0.522. The van der Waals surface area contributed by atoms with Gasteiger partial charge in [0.1, 0.15) is 5.75 Å². The first-order chi connectivity index (χ1) is 14.5.